The zero-order chi connectivity index (χ0) is 44.9. The Morgan fingerprint density at radius 2 is 1.53 bits per heavy atom. The summed E-state index contributed by atoms with van der Waals surface area (Å²) in [6.45, 7) is 6.03. The van der Waals surface area contributed by atoms with Crippen molar-refractivity contribution >= 4 is 41.3 Å². The minimum Gasteiger partial charge on any atom is -0.455 e. The van der Waals surface area contributed by atoms with Crippen LogP contribution in [0.2, 0.25) is 0 Å². The number of ketones is 1. The number of carbonyl (C=O) groups excluding carboxylic acids is 6. The minimum atomic E-state index is -2.61. The number of Topliss-reactive ketones (excluding diaryl/α,β-unsaturated/α-hetero) is 1. The van der Waals surface area contributed by atoms with Crippen LogP contribution in [0.15, 0.2) is 96.1 Å². The molecule has 1 amide bonds. The number of anilines is 1. The van der Waals surface area contributed by atoms with Crippen molar-refractivity contribution < 1.29 is 67.8 Å². The molecule has 16 nitrogen and oxygen atoms in total. The molecule has 6 N–H and O–H groups in total. The smallest absolute Gasteiger partial charge is 0.338 e. The number of nitrogens with two attached hydrogens (primary N) is 1. The van der Waals surface area contributed by atoms with Crippen LogP contribution in [-0.2, 0) is 42.9 Å². The van der Waals surface area contributed by atoms with Crippen LogP contribution in [0.3, 0.4) is 0 Å². The first-order valence-electron chi connectivity index (χ1n) is 20.3. The number of allylic oxidation sites excluding steroid dienone is 1. The number of carbonyl (C=O) groups is 6. The molecule has 2 saturated carbocycles. The van der Waals surface area contributed by atoms with E-state index in [0.717, 1.165) is 13.8 Å². The van der Waals surface area contributed by atoms with Crippen molar-refractivity contribution in [3.63, 3.8) is 0 Å². The van der Waals surface area contributed by atoms with E-state index in [2.05, 4.69) is 5.32 Å². The zero-order valence-electron chi connectivity index (χ0n) is 34.9. The maximum absolute atomic E-state index is 15.5. The van der Waals surface area contributed by atoms with Gasteiger partial charge in [0.2, 0.25) is 0 Å². The van der Waals surface area contributed by atoms with Gasteiger partial charge in [0.25, 0.3) is 5.91 Å². The average Bonchev–Trinajstić information content (AvgIpc) is 3.23. The first kappa shape index (κ1) is 44.1. The van der Waals surface area contributed by atoms with Gasteiger partial charge in [-0.15, -0.1) is 0 Å². The molecule has 1 saturated heterocycles. The molecule has 11 atom stereocenters. The summed E-state index contributed by atoms with van der Waals surface area (Å²) >= 11 is 0. The van der Waals surface area contributed by atoms with Crippen LogP contribution in [0.25, 0.3) is 0 Å². The van der Waals surface area contributed by atoms with Crippen LogP contribution in [0.1, 0.15) is 86.2 Å². The summed E-state index contributed by atoms with van der Waals surface area (Å²) in [5, 5.41) is 40.5. The molecule has 3 fully saturated rings. The fourth-order valence-electron chi connectivity index (χ4n) is 10.0. The highest BCUT2D eigenvalue weighted by molar-refractivity contribution is 5.97. The summed E-state index contributed by atoms with van der Waals surface area (Å²) in [6, 6.07) is 20.3. The van der Waals surface area contributed by atoms with E-state index < -0.39 is 100 Å². The second kappa shape index (κ2) is 16.4. The normalized spacial score (nSPS) is 32.2. The number of benzene rings is 3. The lowest BCUT2D eigenvalue weighted by Gasteiger charge is -2.67. The highest BCUT2D eigenvalue weighted by Gasteiger charge is 2.79. The molecule has 7 rings (SSSR count). The van der Waals surface area contributed by atoms with Crippen LogP contribution in [0.5, 0.6) is 0 Å². The van der Waals surface area contributed by atoms with Crippen molar-refractivity contribution in [2.75, 3.05) is 12.3 Å². The molecule has 1 aliphatic heterocycles. The van der Waals surface area contributed by atoms with E-state index in [0.29, 0.717) is 5.57 Å². The molecule has 0 spiro atoms. The molecule has 0 aromatic heterocycles. The third-order valence-electron chi connectivity index (χ3n) is 13.2. The number of amides is 1. The van der Waals surface area contributed by atoms with Crippen molar-refractivity contribution in [2.24, 2.45) is 11.3 Å². The van der Waals surface area contributed by atoms with Crippen molar-refractivity contribution in [2.45, 2.75) is 107 Å². The number of aliphatic hydroxyl groups excluding tert-OH is 2. The average molecular weight is 855 g/mol. The Balaban J connectivity index is 1.42. The van der Waals surface area contributed by atoms with Crippen LogP contribution in [0.4, 0.5) is 5.69 Å². The molecule has 3 aromatic rings. The number of nitrogen functional groups attached to an aromatic ring is 1. The Labute approximate surface area is 357 Å². The molecule has 2 bridgehead atoms. The van der Waals surface area contributed by atoms with Gasteiger partial charge in [0.1, 0.15) is 17.8 Å². The first-order chi connectivity index (χ1) is 29.3. The van der Waals surface area contributed by atoms with Crippen LogP contribution in [-0.4, -0.2) is 105 Å². The maximum atomic E-state index is 15.5. The predicted octanol–water partition coefficient (Wildman–Crippen LogP) is 3.07. The summed E-state index contributed by atoms with van der Waals surface area (Å²) < 4.78 is 30.4. The number of rotatable bonds is 10. The van der Waals surface area contributed by atoms with Gasteiger partial charge in [-0.2, -0.15) is 0 Å². The Morgan fingerprint density at radius 3 is 2.13 bits per heavy atom. The Morgan fingerprint density at radius 1 is 0.887 bits per heavy atom. The monoisotopic (exact) mass is 854 g/mol. The number of fused-ring (bicyclic) bond motifs is 5. The fraction of sp³-hybridized carbons (Fsp3) is 0.435. The molecule has 328 valence electrons. The van der Waals surface area contributed by atoms with Crippen molar-refractivity contribution in [3.05, 3.63) is 113 Å². The van der Waals surface area contributed by atoms with E-state index in [1.54, 1.807) is 67.6 Å². The molecule has 3 aromatic carbocycles. The van der Waals surface area contributed by atoms with E-state index in [4.69, 9.17) is 29.4 Å². The highest BCUT2D eigenvalue weighted by atomic mass is 16.6. The van der Waals surface area contributed by atoms with Gasteiger partial charge in [0.05, 0.1) is 35.6 Å². The van der Waals surface area contributed by atoms with Gasteiger partial charge in [-0.25, -0.2) is 9.59 Å². The van der Waals surface area contributed by atoms with E-state index in [1.807, 2.05) is 0 Å². The summed E-state index contributed by atoms with van der Waals surface area (Å²) in [5.74, 6) is -7.43. The second-order valence-corrected chi connectivity index (χ2v) is 16.9. The molecule has 0 unspecified atom stereocenters. The van der Waals surface area contributed by atoms with Gasteiger partial charge in [-0.05, 0) is 69.5 Å². The van der Waals surface area contributed by atoms with Gasteiger partial charge in [-0.1, -0.05) is 60.2 Å². The van der Waals surface area contributed by atoms with Crippen LogP contribution < -0.4 is 11.1 Å². The Bertz CT molecular complexity index is 2320. The van der Waals surface area contributed by atoms with E-state index in [-0.39, 0.29) is 53.8 Å². The lowest BCUT2D eigenvalue weighted by atomic mass is 9.46. The van der Waals surface area contributed by atoms with E-state index in [1.165, 1.54) is 38.1 Å². The summed E-state index contributed by atoms with van der Waals surface area (Å²) in [6.07, 6.45) is -9.38. The lowest BCUT2D eigenvalue weighted by molar-refractivity contribution is -0.348. The number of esters is 4. The summed E-state index contributed by atoms with van der Waals surface area (Å²) in [7, 11) is 0. The topological polar surface area (TPSA) is 247 Å². The molecule has 4 aliphatic rings. The number of ether oxygens (including phenoxy) is 5. The summed E-state index contributed by atoms with van der Waals surface area (Å²) in [4.78, 5) is 84.2. The molecule has 3 aliphatic carbocycles. The second-order valence-electron chi connectivity index (χ2n) is 16.9. The van der Waals surface area contributed by atoms with Crippen LogP contribution in [0, 0.1) is 11.3 Å². The highest BCUT2D eigenvalue weighted by Crippen LogP contribution is 2.63. The molecular weight excluding hydrogens is 805 g/mol. The Kier molecular flexibility index (Phi) is 11.7. The van der Waals surface area contributed by atoms with E-state index in [9.17, 15) is 39.3 Å². The largest absolute Gasteiger partial charge is 0.455 e. The lowest BCUT2D eigenvalue weighted by Crippen LogP contribution is -2.83. The van der Waals surface area contributed by atoms with Crippen molar-refractivity contribution in [3.8, 4) is 0 Å². The summed E-state index contributed by atoms with van der Waals surface area (Å²) in [5.41, 5.74) is -2.27. The quantitative estimate of drug-likeness (QED) is 0.0851. The zero-order valence-corrected chi connectivity index (χ0v) is 34.9. The maximum Gasteiger partial charge on any atom is 0.338 e. The van der Waals surface area contributed by atoms with Gasteiger partial charge in [-0.3, -0.25) is 19.2 Å². The molecule has 1 heterocycles. The molecule has 62 heavy (non-hydrogen) atoms. The SMILES string of the molecule is CC(=O)O[C@H]1C(=O)[C@@]2(C)[C@H]([C@H](OC(=O)c3ccccc3)[C@]3(O)CCC(C)=C1[C@]3(C)OC(=O)[C@H](O)[C@@H](NC(=O)c1cccc(N)c1)c1ccccc1)[C@]1(OC(C)=O)CO[C@@H]1C[C@@H]2O. The number of aliphatic hydroxyl groups is 3. The number of nitrogens with one attached hydrogen (secondary N) is 1. The Hall–Kier alpha value is -5.94. The first-order valence-corrected chi connectivity index (χ1v) is 20.3. The molecule has 16 heteroatoms. The number of hydrogen-bond acceptors (Lipinski definition) is 15. The van der Waals surface area contributed by atoms with E-state index >= 15 is 4.79 Å². The van der Waals surface area contributed by atoms with Gasteiger partial charge in [0, 0.05) is 37.1 Å². The fourth-order valence-corrected chi connectivity index (χ4v) is 10.0. The number of hydrogen-bond donors (Lipinski definition) is 5. The third-order valence-corrected chi connectivity index (χ3v) is 13.2. The molecular formula is C46H50N2O14. The van der Waals surface area contributed by atoms with Crippen LogP contribution >= 0.6 is 0 Å². The van der Waals surface area contributed by atoms with Gasteiger partial charge < -0.3 is 50.1 Å². The predicted molar refractivity (Wildman–Crippen MR) is 218 cm³/mol. The van der Waals surface area contributed by atoms with Gasteiger partial charge in [0.15, 0.2) is 29.2 Å². The molecule has 0 radical (unpaired) electrons. The standard InChI is InChI=1S/C46H50N2O14/c1-24-19-20-46(57)39(60-41(55)28-15-10-7-11-16-28)37-43(4,31(51)22-32-45(37,23-58-32)61-26(3)50)38(53)36(59-25(2)49)33(24)44(46,5)62-42(56)35(52)34(27-13-8-6-9-14-27)48-40(54)29-17-12-18-30(47)21-29/h6-18,21,31-32,34-37,39,51-52,57H,19-20,22-23,47H2,1-5H3,(H,48,54)/t31-,32+,34-,35+,36+,37-,39-,43+,44-,45-,46+/m0/s1. The van der Waals surface area contributed by atoms with Crippen molar-refractivity contribution in [1.29, 1.82) is 0 Å². The minimum absolute atomic E-state index is 0.0264. The van der Waals surface area contributed by atoms with Gasteiger partial charge >= 0.3 is 23.9 Å². The third kappa shape index (κ3) is 7.23. The van der Waals surface area contributed by atoms with Crippen molar-refractivity contribution in [1.82, 2.24) is 5.32 Å².